The van der Waals surface area contributed by atoms with E-state index < -0.39 is 0 Å². The lowest BCUT2D eigenvalue weighted by Gasteiger charge is -2.29. The molecule has 0 bridgehead atoms. The van der Waals surface area contributed by atoms with Gasteiger partial charge in [0.25, 0.3) is 5.91 Å². The summed E-state index contributed by atoms with van der Waals surface area (Å²) in [5.74, 6) is 1.19. The summed E-state index contributed by atoms with van der Waals surface area (Å²) in [6.07, 6.45) is 0. The van der Waals surface area contributed by atoms with Gasteiger partial charge in [-0.3, -0.25) is 14.6 Å². The first-order valence-corrected chi connectivity index (χ1v) is 11.3. The van der Waals surface area contributed by atoms with E-state index in [1.54, 1.807) is 42.3 Å². The predicted octanol–water partition coefficient (Wildman–Crippen LogP) is 3.70. The van der Waals surface area contributed by atoms with Gasteiger partial charge in [-0.2, -0.15) is 0 Å². The van der Waals surface area contributed by atoms with Crippen molar-refractivity contribution in [3.8, 4) is 11.5 Å². The number of para-hydroxylation sites is 1. The summed E-state index contributed by atoms with van der Waals surface area (Å²) in [4.78, 5) is 21.8. The quantitative estimate of drug-likeness (QED) is 0.509. The highest BCUT2D eigenvalue weighted by atomic mass is 35.5. The van der Waals surface area contributed by atoms with Crippen LogP contribution in [0, 0.1) is 0 Å². The molecule has 0 atom stereocenters. The molecule has 2 heterocycles. The lowest BCUT2D eigenvalue weighted by molar-refractivity contribution is -0.120. The zero-order valence-electron chi connectivity index (χ0n) is 17.3. The first-order chi connectivity index (χ1) is 15.1. The first kappa shape index (κ1) is 21.8. The second-order valence-electron chi connectivity index (χ2n) is 7.05. The molecule has 2 aromatic carbocycles. The summed E-state index contributed by atoms with van der Waals surface area (Å²) in [6, 6.07) is 12.8. The molecule has 0 N–H and O–H groups in total. The van der Waals surface area contributed by atoms with Crippen molar-refractivity contribution in [1.82, 2.24) is 9.88 Å². The van der Waals surface area contributed by atoms with Crippen molar-refractivity contribution in [2.45, 2.75) is 0 Å². The number of morpholine rings is 1. The largest absolute Gasteiger partial charge is 0.497 e. The van der Waals surface area contributed by atoms with Gasteiger partial charge >= 0.3 is 0 Å². The number of benzene rings is 2. The first-order valence-electron chi connectivity index (χ1n) is 10.1. The molecule has 1 aliphatic heterocycles. The van der Waals surface area contributed by atoms with Crippen LogP contribution in [0.4, 0.5) is 5.13 Å². The monoisotopic (exact) mass is 461 g/mol. The second kappa shape index (κ2) is 10.3. The highest BCUT2D eigenvalue weighted by molar-refractivity contribution is 7.22. The molecule has 1 saturated heterocycles. The Bertz CT molecular complexity index is 1020. The van der Waals surface area contributed by atoms with Crippen molar-refractivity contribution in [1.29, 1.82) is 0 Å². The Morgan fingerprint density at radius 1 is 1.19 bits per heavy atom. The Hall–Kier alpha value is -2.39. The van der Waals surface area contributed by atoms with Gasteiger partial charge in [0.15, 0.2) is 11.7 Å². The van der Waals surface area contributed by atoms with Crippen LogP contribution in [0.25, 0.3) is 10.2 Å². The van der Waals surface area contributed by atoms with Crippen LogP contribution in [-0.4, -0.2) is 68.9 Å². The third kappa shape index (κ3) is 5.46. The molecule has 7 nitrogen and oxygen atoms in total. The fourth-order valence-corrected chi connectivity index (χ4v) is 4.62. The predicted molar refractivity (Wildman–Crippen MR) is 123 cm³/mol. The van der Waals surface area contributed by atoms with Crippen LogP contribution in [0.2, 0.25) is 5.02 Å². The highest BCUT2D eigenvalue weighted by Gasteiger charge is 2.22. The number of hydrogen-bond acceptors (Lipinski definition) is 7. The molecule has 0 aliphatic carbocycles. The number of carbonyl (C=O) groups is 1. The van der Waals surface area contributed by atoms with Crippen LogP contribution in [0.5, 0.6) is 11.5 Å². The van der Waals surface area contributed by atoms with Crippen LogP contribution >= 0.6 is 22.9 Å². The molecule has 0 spiro atoms. The van der Waals surface area contributed by atoms with E-state index in [2.05, 4.69) is 9.88 Å². The number of nitrogens with zero attached hydrogens (tertiary/aromatic N) is 3. The zero-order valence-corrected chi connectivity index (χ0v) is 18.8. The second-order valence-corrected chi connectivity index (χ2v) is 8.46. The van der Waals surface area contributed by atoms with Gasteiger partial charge in [0.1, 0.15) is 17.0 Å². The van der Waals surface area contributed by atoms with Crippen molar-refractivity contribution in [3.63, 3.8) is 0 Å². The molecule has 1 aliphatic rings. The van der Waals surface area contributed by atoms with Gasteiger partial charge in [-0.15, -0.1) is 0 Å². The number of amides is 1. The van der Waals surface area contributed by atoms with Crippen LogP contribution in [0.3, 0.4) is 0 Å². The fraction of sp³-hybridized carbons (Fsp3) is 0.364. The zero-order chi connectivity index (χ0) is 21.6. The normalized spacial score (nSPS) is 14.5. The number of aromatic nitrogens is 1. The van der Waals surface area contributed by atoms with Gasteiger partial charge in [-0.1, -0.05) is 29.0 Å². The van der Waals surface area contributed by atoms with E-state index in [0.29, 0.717) is 41.2 Å². The maximum absolute atomic E-state index is 13.1. The van der Waals surface area contributed by atoms with E-state index in [1.165, 1.54) is 11.3 Å². The molecular formula is C22H24ClN3O4S. The van der Waals surface area contributed by atoms with E-state index >= 15 is 0 Å². The van der Waals surface area contributed by atoms with Crippen LogP contribution in [-0.2, 0) is 9.53 Å². The average Bonchev–Trinajstić information content (AvgIpc) is 3.24. The van der Waals surface area contributed by atoms with Crippen molar-refractivity contribution in [2.24, 2.45) is 0 Å². The third-order valence-corrected chi connectivity index (χ3v) is 6.40. The third-order valence-electron chi connectivity index (χ3n) is 5.06. The number of thiazole rings is 1. The minimum atomic E-state index is -0.153. The average molecular weight is 462 g/mol. The van der Waals surface area contributed by atoms with E-state index in [4.69, 9.17) is 25.8 Å². The summed E-state index contributed by atoms with van der Waals surface area (Å²) in [6.45, 7) is 4.31. The van der Waals surface area contributed by atoms with Crippen LogP contribution < -0.4 is 14.4 Å². The number of fused-ring (bicyclic) bond motifs is 1. The Morgan fingerprint density at radius 3 is 2.65 bits per heavy atom. The lowest BCUT2D eigenvalue weighted by atomic mass is 10.3. The van der Waals surface area contributed by atoms with Gasteiger partial charge in [0, 0.05) is 26.2 Å². The van der Waals surface area contributed by atoms with Crippen molar-refractivity contribution < 1.29 is 19.0 Å². The lowest BCUT2D eigenvalue weighted by Crippen LogP contribution is -2.44. The fourth-order valence-electron chi connectivity index (χ4n) is 3.31. The number of anilines is 1. The number of ether oxygens (including phenoxy) is 3. The smallest absolute Gasteiger partial charge is 0.266 e. The minimum Gasteiger partial charge on any atom is -0.497 e. The SMILES string of the molecule is COc1ccc(OCC(=O)N(CCN2CCOCC2)c2nc3c(Cl)cccc3s2)cc1. The highest BCUT2D eigenvalue weighted by Crippen LogP contribution is 2.33. The maximum atomic E-state index is 13.1. The molecular weight excluding hydrogens is 438 g/mol. The minimum absolute atomic E-state index is 0.0842. The molecule has 0 saturated carbocycles. The standard InChI is InChI=1S/C22H24ClN3O4S/c1-28-16-5-7-17(8-6-16)30-15-20(27)26(10-9-25-11-13-29-14-12-25)22-24-21-18(23)3-2-4-19(21)31-22/h2-8H,9-15H2,1H3. The van der Waals surface area contributed by atoms with Gasteiger partial charge < -0.3 is 14.2 Å². The Labute approximate surface area is 190 Å². The van der Waals surface area contributed by atoms with E-state index in [9.17, 15) is 4.79 Å². The molecule has 0 unspecified atom stereocenters. The van der Waals surface area contributed by atoms with Crippen molar-refractivity contribution in [2.75, 3.05) is 58.0 Å². The topological polar surface area (TPSA) is 64.1 Å². The number of methoxy groups -OCH3 is 1. The van der Waals surface area contributed by atoms with E-state index in [1.807, 2.05) is 12.1 Å². The molecule has 4 rings (SSSR count). The summed E-state index contributed by atoms with van der Waals surface area (Å²) in [5, 5.41) is 1.20. The van der Waals surface area contributed by atoms with E-state index in [-0.39, 0.29) is 12.5 Å². The van der Waals surface area contributed by atoms with Crippen LogP contribution in [0.15, 0.2) is 42.5 Å². The van der Waals surface area contributed by atoms with Gasteiger partial charge in [-0.05, 0) is 36.4 Å². The molecule has 1 fully saturated rings. The number of halogens is 1. The van der Waals surface area contributed by atoms with Crippen molar-refractivity contribution >= 4 is 44.2 Å². The van der Waals surface area contributed by atoms with E-state index in [0.717, 1.165) is 30.1 Å². The Balaban J connectivity index is 1.49. The number of hydrogen-bond donors (Lipinski definition) is 0. The van der Waals surface area contributed by atoms with Crippen molar-refractivity contribution in [3.05, 3.63) is 47.5 Å². The maximum Gasteiger partial charge on any atom is 0.266 e. The molecule has 1 amide bonds. The van der Waals surface area contributed by atoms with Crippen LogP contribution in [0.1, 0.15) is 0 Å². The summed E-state index contributed by atoms with van der Waals surface area (Å²) in [5.41, 5.74) is 0.712. The molecule has 3 aromatic rings. The van der Waals surface area contributed by atoms with Gasteiger partial charge in [-0.25, -0.2) is 4.98 Å². The Morgan fingerprint density at radius 2 is 1.94 bits per heavy atom. The number of rotatable bonds is 8. The summed E-state index contributed by atoms with van der Waals surface area (Å²) < 4.78 is 17.3. The molecule has 9 heteroatoms. The molecule has 31 heavy (non-hydrogen) atoms. The molecule has 1 aromatic heterocycles. The summed E-state index contributed by atoms with van der Waals surface area (Å²) >= 11 is 7.76. The molecule has 164 valence electrons. The summed E-state index contributed by atoms with van der Waals surface area (Å²) in [7, 11) is 1.61. The number of carbonyl (C=O) groups excluding carboxylic acids is 1. The van der Waals surface area contributed by atoms with Gasteiger partial charge in [0.05, 0.1) is 30.0 Å². The Kier molecular flexibility index (Phi) is 7.24. The molecule has 0 radical (unpaired) electrons. The van der Waals surface area contributed by atoms with Gasteiger partial charge in [0.2, 0.25) is 0 Å².